The molecule has 4 nitrogen and oxygen atoms in total. The van der Waals surface area contributed by atoms with E-state index in [4.69, 9.17) is 22.2 Å². The van der Waals surface area contributed by atoms with Crippen LogP contribution in [0.3, 0.4) is 0 Å². The molecule has 0 unspecified atom stereocenters. The summed E-state index contributed by atoms with van der Waals surface area (Å²) < 4.78 is 4.99. The van der Waals surface area contributed by atoms with Gasteiger partial charge < -0.3 is 15.0 Å². The minimum Gasteiger partial charge on any atom is -0.385 e. The van der Waals surface area contributed by atoms with E-state index in [0.29, 0.717) is 24.7 Å². The zero-order valence-electron chi connectivity index (χ0n) is 11.1. The minimum atomic E-state index is 0.439. The second kappa shape index (κ2) is 9.31. The van der Waals surface area contributed by atoms with Crippen LogP contribution in [-0.4, -0.2) is 31.9 Å². The third-order valence-electron chi connectivity index (χ3n) is 2.56. The fraction of sp³-hybridized carbons (Fsp3) is 0.429. The Morgan fingerprint density at radius 2 is 2.16 bits per heavy atom. The van der Waals surface area contributed by atoms with E-state index in [2.05, 4.69) is 11.4 Å². The molecule has 0 spiro atoms. The number of nitrogens with zero attached hydrogens (tertiary/aromatic N) is 2. The Morgan fingerprint density at radius 1 is 1.42 bits per heavy atom. The maximum absolute atomic E-state index is 8.73. The van der Waals surface area contributed by atoms with E-state index in [1.165, 1.54) is 0 Å². The first-order chi connectivity index (χ1) is 9.29. The molecule has 19 heavy (non-hydrogen) atoms. The second-order valence-electron chi connectivity index (χ2n) is 3.97. The molecule has 0 amide bonds. The number of anilines is 1. The Labute approximate surface area is 120 Å². The van der Waals surface area contributed by atoms with Gasteiger partial charge in [-0.2, -0.15) is 5.26 Å². The van der Waals surface area contributed by atoms with E-state index in [1.807, 2.05) is 35.2 Å². The van der Waals surface area contributed by atoms with Crippen LogP contribution >= 0.6 is 12.2 Å². The fourth-order valence-electron chi connectivity index (χ4n) is 1.62. The maximum atomic E-state index is 8.73. The van der Waals surface area contributed by atoms with Gasteiger partial charge in [0.2, 0.25) is 0 Å². The number of methoxy groups -OCH3 is 1. The number of ether oxygens (including phenoxy) is 1. The quantitative estimate of drug-likeness (QED) is 0.612. The predicted molar refractivity (Wildman–Crippen MR) is 81.1 cm³/mol. The summed E-state index contributed by atoms with van der Waals surface area (Å²) >= 11 is 5.39. The number of para-hydroxylation sites is 1. The van der Waals surface area contributed by atoms with Gasteiger partial charge in [0.1, 0.15) is 0 Å². The first-order valence-electron chi connectivity index (χ1n) is 6.26. The average Bonchev–Trinajstić information content (AvgIpc) is 2.45. The van der Waals surface area contributed by atoms with Crippen molar-refractivity contribution in [2.75, 3.05) is 31.7 Å². The number of nitrogens with one attached hydrogen (secondary N) is 1. The molecule has 0 fully saturated rings. The van der Waals surface area contributed by atoms with Gasteiger partial charge in [-0.3, -0.25) is 0 Å². The Kier molecular flexibility index (Phi) is 7.56. The highest BCUT2D eigenvalue weighted by Gasteiger charge is 2.10. The lowest BCUT2D eigenvalue weighted by Gasteiger charge is -2.25. The van der Waals surface area contributed by atoms with Crippen molar-refractivity contribution in [3.8, 4) is 6.07 Å². The molecule has 1 rings (SSSR count). The zero-order chi connectivity index (χ0) is 13.9. The Bertz CT molecular complexity index is 416. The minimum absolute atomic E-state index is 0.439. The lowest BCUT2D eigenvalue weighted by atomic mass is 10.3. The van der Waals surface area contributed by atoms with Crippen molar-refractivity contribution in [1.29, 1.82) is 5.26 Å². The summed E-state index contributed by atoms with van der Waals surface area (Å²) in [6.07, 6.45) is 1.34. The van der Waals surface area contributed by atoms with Gasteiger partial charge in [-0.25, -0.2) is 0 Å². The summed E-state index contributed by atoms with van der Waals surface area (Å²) in [5.41, 5.74) is 1.00. The SMILES string of the molecule is COCCCNC(=S)N(CCC#N)c1ccccc1. The van der Waals surface area contributed by atoms with Crippen molar-refractivity contribution in [2.45, 2.75) is 12.8 Å². The molecule has 0 heterocycles. The van der Waals surface area contributed by atoms with Crippen LogP contribution in [0.5, 0.6) is 0 Å². The van der Waals surface area contributed by atoms with E-state index in [9.17, 15) is 0 Å². The van der Waals surface area contributed by atoms with Crippen LogP contribution in [0.4, 0.5) is 5.69 Å². The number of thiocarbonyl (C=S) groups is 1. The van der Waals surface area contributed by atoms with Crippen molar-refractivity contribution in [1.82, 2.24) is 5.32 Å². The van der Waals surface area contributed by atoms with Crippen LogP contribution in [0.2, 0.25) is 0 Å². The number of hydrogen-bond acceptors (Lipinski definition) is 3. The predicted octanol–water partition coefficient (Wildman–Crippen LogP) is 2.32. The molecule has 102 valence electrons. The number of nitriles is 1. The summed E-state index contributed by atoms with van der Waals surface area (Å²) in [7, 11) is 1.68. The maximum Gasteiger partial charge on any atom is 0.173 e. The smallest absolute Gasteiger partial charge is 0.173 e. The van der Waals surface area contributed by atoms with Crippen LogP contribution in [0.25, 0.3) is 0 Å². The van der Waals surface area contributed by atoms with Crippen molar-refractivity contribution in [3.05, 3.63) is 30.3 Å². The third kappa shape index (κ3) is 5.69. The van der Waals surface area contributed by atoms with Crippen LogP contribution in [0.15, 0.2) is 30.3 Å². The number of rotatable bonds is 7. The zero-order valence-corrected chi connectivity index (χ0v) is 11.9. The van der Waals surface area contributed by atoms with Crippen molar-refractivity contribution in [2.24, 2.45) is 0 Å². The van der Waals surface area contributed by atoms with E-state index in [-0.39, 0.29) is 0 Å². The van der Waals surface area contributed by atoms with E-state index < -0.39 is 0 Å². The first-order valence-corrected chi connectivity index (χ1v) is 6.66. The highest BCUT2D eigenvalue weighted by molar-refractivity contribution is 7.80. The van der Waals surface area contributed by atoms with Crippen LogP contribution in [0, 0.1) is 11.3 Å². The molecule has 0 bridgehead atoms. The number of hydrogen-bond donors (Lipinski definition) is 1. The van der Waals surface area contributed by atoms with Gasteiger partial charge in [0.05, 0.1) is 12.5 Å². The van der Waals surface area contributed by atoms with Gasteiger partial charge >= 0.3 is 0 Å². The Balaban J connectivity index is 2.59. The average molecular weight is 277 g/mol. The molecule has 0 saturated heterocycles. The van der Waals surface area contributed by atoms with Crippen molar-refractivity contribution in [3.63, 3.8) is 0 Å². The molecule has 1 aromatic carbocycles. The van der Waals surface area contributed by atoms with Gasteiger partial charge in [-0.05, 0) is 30.8 Å². The molecule has 0 radical (unpaired) electrons. The van der Waals surface area contributed by atoms with Crippen LogP contribution in [0.1, 0.15) is 12.8 Å². The molecule has 0 aliphatic rings. The molecule has 0 saturated carbocycles. The summed E-state index contributed by atoms with van der Waals surface area (Å²) in [5, 5.41) is 12.6. The molecule has 5 heteroatoms. The van der Waals surface area contributed by atoms with Gasteiger partial charge in [-0.15, -0.1) is 0 Å². The molecule has 1 aromatic rings. The normalized spacial score (nSPS) is 9.68. The lowest BCUT2D eigenvalue weighted by Crippen LogP contribution is -2.41. The lowest BCUT2D eigenvalue weighted by molar-refractivity contribution is 0.195. The monoisotopic (exact) mass is 277 g/mol. The molecular weight excluding hydrogens is 258 g/mol. The first kappa shape index (κ1) is 15.4. The molecule has 0 atom stereocenters. The summed E-state index contributed by atoms with van der Waals surface area (Å²) in [6.45, 7) is 2.07. The summed E-state index contributed by atoms with van der Waals surface area (Å²) in [4.78, 5) is 1.95. The molecule has 0 aliphatic carbocycles. The summed E-state index contributed by atoms with van der Waals surface area (Å²) in [5.74, 6) is 0. The highest BCUT2D eigenvalue weighted by Crippen LogP contribution is 2.13. The molecule has 0 aliphatic heterocycles. The van der Waals surface area contributed by atoms with E-state index in [1.54, 1.807) is 7.11 Å². The third-order valence-corrected chi connectivity index (χ3v) is 2.93. The summed E-state index contributed by atoms with van der Waals surface area (Å²) in [6, 6.07) is 12.0. The topological polar surface area (TPSA) is 48.3 Å². The van der Waals surface area contributed by atoms with Gasteiger partial charge in [-0.1, -0.05) is 18.2 Å². The van der Waals surface area contributed by atoms with Gasteiger partial charge in [0.15, 0.2) is 5.11 Å². The van der Waals surface area contributed by atoms with Gasteiger partial charge in [0.25, 0.3) is 0 Å². The number of benzene rings is 1. The van der Waals surface area contributed by atoms with Crippen LogP contribution in [-0.2, 0) is 4.74 Å². The van der Waals surface area contributed by atoms with Crippen molar-refractivity contribution >= 4 is 23.0 Å². The molecular formula is C14H19N3OS. The van der Waals surface area contributed by atoms with Crippen LogP contribution < -0.4 is 10.2 Å². The largest absolute Gasteiger partial charge is 0.385 e. The fourth-order valence-corrected chi connectivity index (χ4v) is 1.92. The van der Waals surface area contributed by atoms with E-state index >= 15 is 0 Å². The standard InChI is InChI=1S/C14H19N3OS/c1-18-12-6-10-16-14(19)17(11-5-9-15)13-7-3-2-4-8-13/h2-4,7-8H,5-6,10-12H2,1H3,(H,16,19). The van der Waals surface area contributed by atoms with E-state index in [0.717, 1.165) is 18.7 Å². The second-order valence-corrected chi connectivity index (χ2v) is 4.36. The van der Waals surface area contributed by atoms with Crippen molar-refractivity contribution < 1.29 is 4.74 Å². The molecule has 0 aromatic heterocycles. The van der Waals surface area contributed by atoms with Gasteiger partial charge in [0, 0.05) is 32.5 Å². The Hall–Kier alpha value is -1.64. The highest BCUT2D eigenvalue weighted by atomic mass is 32.1. The molecule has 1 N–H and O–H groups in total. The Morgan fingerprint density at radius 3 is 2.79 bits per heavy atom.